The number of fused-ring (bicyclic) bond motifs is 1. The maximum atomic E-state index is 9.67. The second-order valence-corrected chi connectivity index (χ2v) is 4.44. The van der Waals surface area contributed by atoms with Crippen LogP contribution in [0.2, 0.25) is 0 Å². The van der Waals surface area contributed by atoms with Crippen molar-refractivity contribution in [3.8, 4) is 11.5 Å². The lowest BCUT2D eigenvalue weighted by molar-refractivity contribution is 0.450. The van der Waals surface area contributed by atoms with Gasteiger partial charge in [0.05, 0.1) is 17.4 Å². The van der Waals surface area contributed by atoms with Crippen LogP contribution in [0.5, 0.6) is 11.5 Å². The van der Waals surface area contributed by atoms with Gasteiger partial charge in [0.25, 0.3) is 0 Å². The minimum atomic E-state index is -0.0210. The number of hydrogen-bond donors (Lipinski definition) is 2. The summed E-state index contributed by atoms with van der Waals surface area (Å²) in [6.45, 7) is 0. The van der Waals surface area contributed by atoms with Gasteiger partial charge in [0.15, 0.2) is 0 Å². The Morgan fingerprint density at radius 3 is 2.84 bits per heavy atom. The maximum absolute atomic E-state index is 9.67. The Bertz CT molecular complexity index is 767. The van der Waals surface area contributed by atoms with Gasteiger partial charge < -0.3 is 10.2 Å². The van der Waals surface area contributed by atoms with Crippen LogP contribution in [0.15, 0.2) is 41.4 Å². The molecule has 3 aromatic rings. The topological polar surface area (TPSA) is 78.6 Å². The number of nitrogens with zero attached hydrogens (tertiary/aromatic N) is 3. The van der Waals surface area contributed by atoms with E-state index < -0.39 is 0 Å². The van der Waals surface area contributed by atoms with Crippen LogP contribution in [0.1, 0.15) is 5.56 Å². The van der Waals surface area contributed by atoms with E-state index in [0.29, 0.717) is 11.3 Å². The van der Waals surface area contributed by atoms with Gasteiger partial charge in [-0.2, -0.15) is 8.75 Å². The number of rotatable bonds is 2. The lowest BCUT2D eigenvalue weighted by atomic mass is 10.2. The fraction of sp³-hybridized carbons (Fsp3) is 0. The number of aromatic nitrogens is 2. The largest absolute Gasteiger partial charge is 0.508 e. The first kappa shape index (κ1) is 11.6. The van der Waals surface area contributed by atoms with Gasteiger partial charge in [0.1, 0.15) is 22.5 Å². The molecule has 2 N–H and O–H groups in total. The number of aromatic hydroxyl groups is 2. The van der Waals surface area contributed by atoms with Crippen molar-refractivity contribution in [1.29, 1.82) is 0 Å². The number of aliphatic imine (C=N–C) groups is 1. The molecule has 0 saturated heterocycles. The predicted molar refractivity (Wildman–Crippen MR) is 74.4 cm³/mol. The van der Waals surface area contributed by atoms with Crippen molar-refractivity contribution in [3.63, 3.8) is 0 Å². The van der Waals surface area contributed by atoms with E-state index in [4.69, 9.17) is 0 Å². The summed E-state index contributed by atoms with van der Waals surface area (Å²) in [6.07, 6.45) is 1.53. The number of phenols is 2. The number of hydrogen-bond acceptors (Lipinski definition) is 6. The van der Waals surface area contributed by atoms with Crippen LogP contribution in [0.4, 0.5) is 5.69 Å². The van der Waals surface area contributed by atoms with E-state index in [1.54, 1.807) is 6.07 Å². The third-order valence-corrected chi connectivity index (χ3v) is 3.16. The molecule has 0 fully saturated rings. The lowest BCUT2D eigenvalue weighted by Crippen LogP contribution is -1.82. The van der Waals surface area contributed by atoms with Gasteiger partial charge in [0, 0.05) is 17.8 Å². The highest BCUT2D eigenvalue weighted by atomic mass is 32.1. The van der Waals surface area contributed by atoms with E-state index in [1.807, 2.05) is 18.2 Å². The Kier molecular flexibility index (Phi) is 2.85. The Balaban J connectivity index is 2.00. The highest BCUT2D eigenvalue weighted by Gasteiger charge is 2.04. The molecule has 2 aromatic carbocycles. The quantitative estimate of drug-likeness (QED) is 0.702. The van der Waals surface area contributed by atoms with E-state index in [1.165, 1.54) is 18.3 Å². The Morgan fingerprint density at radius 1 is 1.11 bits per heavy atom. The molecule has 6 heteroatoms. The zero-order valence-electron chi connectivity index (χ0n) is 9.69. The van der Waals surface area contributed by atoms with E-state index in [0.717, 1.165) is 22.8 Å². The first-order valence-corrected chi connectivity index (χ1v) is 6.24. The summed E-state index contributed by atoms with van der Waals surface area (Å²) in [5, 5.41) is 18.9. The lowest BCUT2D eigenvalue weighted by Gasteiger charge is -1.99. The molecule has 0 saturated carbocycles. The normalized spacial score (nSPS) is 11.4. The monoisotopic (exact) mass is 271 g/mol. The molecule has 0 amide bonds. The molecule has 1 heterocycles. The summed E-state index contributed by atoms with van der Waals surface area (Å²) < 4.78 is 8.32. The standard InChI is InChI=1S/C13H9N3O2S/c17-9-5-4-8(12(18)6-9)7-14-10-2-1-3-11-13(10)16-19-15-11/h1-7,17-18H. The summed E-state index contributed by atoms with van der Waals surface area (Å²) in [4.78, 5) is 4.30. The Hall–Kier alpha value is -2.47. The second-order valence-electron chi connectivity index (χ2n) is 3.91. The van der Waals surface area contributed by atoms with Crippen LogP contribution >= 0.6 is 11.7 Å². The second kappa shape index (κ2) is 4.66. The number of phenolic OH excluding ortho intramolecular Hbond substituents is 2. The fourth-order valence-corrected chi connectivity index (χ4v) is 2.22. The molecule has 19 heavy (non-hydrogen) atoms. The summed E-state index contributed by atoms with van der Waals surface area (Å²) in [5.41, 5.74) is 2.76. The average Bonchev–Trinajstić information content (AvgIpc) is 2.86. The van der Waals surface area contributed by atoms with Crippen LogP contribution in [-0.4, -0.2) is 25.2 Å². The van der Waals surface area contributed by atoms with Crippen molar-refractivity contribution in [3.05, 3.63) is 42.0 Å². The first-order chi connectivity index (χ1) is 9.24. The van der Waals surface area contributed by atoms with Gasteiger partial charge in [-0.15, -0.1) is 0 Å². The maximum Gasteiger partial charge on any atom is 0.130 e. The molecule has 0 unspecified atom stereocenters. The van der Waals surface area contributed by atoms with Crippen molar-refractivity contribution >= 4 is 34.7 Å². The van der Waals surface area contributed by atoms with E-state index in [2.05, 4.69) is 13.7 Å². The molecule has 0 aliphatic heterocycles. The first-order valence-electron chi connectivity index (χ1n) is 5.51. The van der Waals surface area contributed by atoms with Gasteiger partial charge in [-0.3, -0.25) is 4.99 Å². The van der Waals surface area contributed by atoms with E-state index in [9.17, 15) is 10.2 Å². The molecule has 5 nitrogen and oxygen atoms in total. The average molecular weight is 271 g/mol. The van der Waals surface area contributed by atoms with Gasteiger partial charge in [-0.25, -0.2) is 0 Å². The zero-order valence-corrected chi connectivity index (χ0v) is 10.5. The third-order valence-electron chi connectivity index (χ3n) is 2.62. The van der Waals surface area contributed by atoms with Crippen LogP contribution in [0.25, 0.3) is 11.0 Å². The van der Waals surface area contributed by atoms with E-state index in [-0.39, 0.29) is 11.5 Å². The van der Waals surface area contributed by atoms with E-state index >= 15 is 0 Å². The van der Waals surface area contributed by atoms with Crippen LogP contribution in [0, 0.1) is 0 Å². The van der Waals surface area contributed by atoms with Crippen molar-refractivity contribution in [2.75, 3.05) is 0 Å². The van der Waals surface area contributed by atoms with Crippen LogP contribution < -0.4 is 0 Å². The van der Waals surface area contributed by atoms with Crippen molar-refractivity contribution in [1.82, 2.24) is 8.75 Å². The zero-order chi connectivity index (χ0) is 13.2. The molecule has 0 aliphatic carbocycles. The summed E-state index contributed by atoms with van der Waals surface area (Å²) in [5.74, 6) is -0.00668. The molecule has 94 valence electrons. The Morgan fingerprint density at radius 2 is 2.00 bits per heavy atom. The molecular weight excluding hydrogens is 262 g/mol. The minimum Gasteiger partial charge on any atom is -0.508 e. The third kappa shape index (κ3) is 2.25. The van der Waals surface area contributed by atoms with Gasteiger partial charge in [-0.05, 0) is 24.3 Å². The van der Waals surface area contributed by atoms with Crippen LogP contribution in [-0.2, 0) is 0 Å². The van der Waals surface area contributed by atoms with Gasteiger partial charge in [0.2, 0.25) is 0 Å². The van der Waals surface area contributed by atoms with Gasteiger partial charge in [-0.1, -0.05) is 6.07 Å². The van der Waals surface area contributed by atoms with Crippen molar-refractivity contribution in [2.24, 2.45) is 4.99 Å². The molecule has 0 aliphatic rings. The van der Waals surface area contributed by atoms with Crippen molar-refractivity contribution in [2.45, 2.75) is 0 Å². The molecule has 0 atom stereocenters. The summed E-state index contributed by atoms with van der Waals surface area (Å²) in [6, 6.07) is 9.91. The number of benzene rings is 2. The SMILES string of the molecule is Oc1ccc(C=Nc2cccc3nsnc23)c(O)c1. The molecule has 1 aromatic heterocycles. The Labute approximate surface area is 112 Å². The summed E-state index contributed by atoms with van der Waals surface area (Å²) in [7, 11) is 0. The predicted octanol–water partition coefficient (Wildman–Crippen LogP) is 2.85. The van der Waals surface area contributed by atoms with Crippen LogP contribution in [0.3, 0.4) is 0 Å². The highest BCUT2D eigenvalue weighted by Crippen LogP contribution is 2.25. The van der Waals surface area contributed by atoms with Gasteiger partial charge >= 0.3 is 0 Å². The molecule has 0 radical (unpaired) electrons. The minimum absolute atomic E-state index is 0.0143. The molecule has 3 rings (SSSR count). The molecule has 0 bridgehead atoms. The highest BCUT2D eigenvalue weighted by molar-refractivity contribution is 7.00. The smallest absolute Gasteiger partial charge is 0.130 e. The molecule has 0 spiro atoms. The summed E-state index contributed by atoms with van der Waals surface area (Å²) >= 11 is 1.14. The fourth-order valence-electron chi connectivity index (χ4n) is 1.68. The molecular formula is C13H9N3O2S. The van der Waals surface area contributed by atoms with Crippen molar-refractivity contribution < 1.29 is 10.2 Å².